The van der Waals surface area contributed by atoms with E-state index in [0.717, 1.165) is 25.6 Å². The molecule has 1 heterocycles. The number of nitrogen functional groups attached to an aromatic ring is 1. The topological polar surface area (TPSA) is 29.3 Å². The number of halogens is 3. The molecule has 1 aliphatic rings. The van der Waals surface area contributed by atoms with Gasteiger partial charge in [-0.05, 0) is 36.6 Å². The van der Waals surface area contributed by atoms with Gasteiger partial charge in [0.1, 0.15) is 0 Å². The second kappa shape index (κ2) is 4.80. The fraction of sp³-hybridized carbons (Fsp3) is 0.538. The van der Waals surface area contributed by atoms with Crippen LogP contribution in [0.25, 0.3) is 0 Å². The van der Waals surface area contributed by atoms with E-state index in [2.05, 4.69) is 11.8 Å². The Labute approximate surface area is 105 Å². The van der Waals surface area contributed by atoms with Crippen molar-refractivity contribution in [2.75, 3.05) is 18.8 Å². The first-order chi connectivity index (χ1) is 8.36. The third kappa shape index (κ3) is 2.96. The SMILES string of the molecule is CC1CCN(Cc2ccc(N)cc2C(F)(F)F)C1. The highest BCUT2D eigenvalue weighted by atomic mass is 19.4. The van der Waals surface area contributed by atoms with Crippen molar-refractivity contribution in [1.29, 1.82) is 0 Å². The van der Waals surface area contributed by atoms with Crippen LogP contribution in [0.4, 0.5) is 18.9 Å². The number of alkyl halides is 3. The van der Waals surface area contributed by atoms with Gasteiger partial charge in [0, 0.05) is 18.8 Å². The number of anilines is 1. The molecule has 0 bridgehead atoms. The Morgan fingerprint density at radius 3 is 2.67 bits per heavy atom. The zero-order valence-corrected chi connectivity index (χ0v) is 10.3. The normalized spacial score (nSPS) is 21.4. The zero-order valence-electron chi connectivity index (χ0n) is 10.3. The standard InChI is InChI=1S/C13H17F3N2/c1-9-4-5-18(7-9)8-10-2-3-11(17)6-12(10)13(14,15)16/h2-3,6,9H,4-5,7-8,17H2,1H3. The lowest BCUT2D eigenvalue weighted by Gasteiger charge is -2.19. The van der Waals surface area contributed by atoms with Crippen LogP contribution in [0.2, 0.25) is 0 Å². The summed E-state index contributed by atoms with van der Waals surface area (Å²) in [4.78, 5) is 2.06. The van der Waals surface area contributed by atoms with Crippen LogP contribution in [0, 0.1) is 5.92 Å². The van der Waals surface area contributed by atoms with E-state index in [-0.39, 0.29) is 5.69 Å². The summed E-state index contributed by atoms with van der Waals surface area (Å²) in [5.41, 5.74) is 5.30. The van der Waals surface area contributed by atoms with Gasteiger partial charge in [0.05, 0.1) is 5.56 Å². The van der Waals surface area contributed by atoms with Crippen LogP contribution in [0.5, 0.6) is 0 Å². The molecule has 0 saturated carbocycles. The Morgan fingerprint density at radius 2 is 2.11 bits per heavy atom. The van der Waals surface area contributed by atoms with E-state index in [1.54, 1.807) is 0 Å². The summed E-state index contributed by atoms with van der Waals surface area (Å²) in [6.07, 6.45) is -3.29. The molecular weight excluding hydrogens is 241 g/mol. The summed E-state index contributed by atoms with van der Waals surface area (Å²) in [5, 5.41) is 0. The molecule has 1 saturated heterocycles. The van der Waals surface area contributed by atoms with Crippen molar-refractivity contribution in [1.82, 2.24) is 4.90 Å². The second-order valence-electron chi connectivity index (χ2n) is 5.04. The quantitative estimate of drug-likeness (QED) is 0.826. The number of hydrogen-bond donors (Lipinski definition) is 1. The Balaban J connectivity index is 2.22. The molecule has 100 valence electrons. The molecule has 0 radical (unpaired) electrons. The smallest absolute Gasteiger partial charge is 0.399 e. The molecule has 0 spiro atoms. The van der Waals surface area contributed by atoms with Crippen molar-refractivity contribution in [2.45, 2.75) is 26.1 Å². The van der Waals surface area contributed by atoms with Gasteiger partial charge < -0.3 is 5.73 Å². The van der Waals surface area contributed by atoms with E-state index in [4.69, 9.17) is 5.73 Å². The molecule has 0 aromatic heterocycles. The molecule has 1 aliphatic heterocycles. The van der Waals surface area contributed by atoms with Gasteiger partial charge in [-0.2, -0.15) is 13.2 Å². The molecule has 0 amide bonds. The molecule has 1 fully saturated rings. The average Bonchev–Trinajstić information content (AvgIpc) is 2.65. The number of benzene rings is 1. The lowest BCUT2D eigenvalue weighted by Crippen LogP contribution is -2.22. The van der Waals surface area contributed by atoms with Crippen molar-refractivity contribution >= 4 is 5.69 Å². The lowest BCUT2D eigenvalue weighted by atomic mass is 10.1. The predicted molar refractivity (Wildman–Crippen MR) is 64.9 cm³/mol. The number of rotatable bonds is 2. The van der Waals surface area contributed by atoms with E-state index in [1.807, 2.05) is 0 Å². The highest BCUT2D eigenvalue weighted by Crippen LogP contribution is 2.34. The van der Waals surface area contributed by atoms with Crippen LogP contribution in [0.1, 0.15) is 24.5 Å². The summed E-state index contributed by atoms with van der Waals surface area (Å²) >= 11 is 0. The molecule has 18 heavy (non-hydrogen) atoms. The van der Waals surface area contributed by atoms with E-state index in [9.17, 15) is 13.2 Å². The maximum absolute atomic E-state index is 12.9. The predicted octanol–water partition coefficient (Wildman–Crippen LogP) is 3.13. The second-order valence-corrected chi connectivity index (χ2v) is 5.04. The first-order valence-corrected chi connectivity index (χ1v) is 6.04. The number of nitrogens with zero attached hydrogens (tertiary/aromatic N) is 1. The highest BCUT2D eigenvalue weighted by Gasteiger charge is 2.34. The van der Waals surface area contributed by atoms with Gasteiger partial charge in [0.2, 0.25) is 0 Å². The molecule has 2 nitrogen and oxygen atoms in total. The minimum Gasteiger partial charge on any atom is -0.399 e. The molecule has 1 unspecified atom stereocenters. The molecule has 1 aromatic carbocycles. The number of hydrogen-bond acceptors (Lipinski definition) is 2. The molecule has 2 N–H and O–H groups in total. The van der Waals surface area contributed by atoms with Crippen LogP contribution < -0.4 is 5.73 Å². The summed E-state index contributed by atoms with van der Waals surface area (Å²) < 4.78 is 38.7. The minimum atomic E-state index is -4.34. The first-order valence-electron chi connectivity index (χ1n) is 6.04. The maximum Gasteiger partial charge on any atom is 0.416 e. The summed E-state index contributed by atoms with van der Waals surface area (Å²) in [7, 11) is 0. The first kappa shape index (κ1) is 13.2. The fourth-order valence-corrected chi connectivity index (χ4v) is 2.41. The molecule has 0 aliphatic carbocycles. The van der Waals surface area contributed by atoms with Gasteiger partial charge in [0.25, 0.3) is 0 Å². The maximum atomic E-state index is 12.9. The van der Waals surface area contributed by atoms with Crippen LogP contribution in [-0.4, -0.2) is 18.0 Å². The van der Waals surface area contributed by atoms with Gasteiger partial charge in [-0.15, -0.1) is 0 Å². The van der Waals surface area contributed by atoms with E-state index >= 15 is 0 Å². The summed E-state index contributed by atoms with van der Waals surface area (Å²) in [5.74, 6) is 0.563. The molecule has 5 heteroatoms. The molecule has 2 rings (SSSR count). The van der Waals surface area contributed by atoms with E-state index in [0.29, 0.717) is 18.0 Å². The third-order valence-corrected chi connectivity index (χ3v) is 3.34. The Bertz CT molecular complexity index is 429. The van der Waals surface area contributed by atoms with E-state index in [1.165, 1.54) is 12.1 Å². The summed E-state index contributed by atoms with van der Waals surface area (Å²) in [6, 6.07) is 4.04. The summed E-state index contributed by atoms with van der Waals surface area (Å²) in [6.45, 7) is 4.19. The van der Waals surface area contributed by atoms with Gasteiger partial charge >= 0.3 is 6.18 Å². The molecule has 1 atom stereocenters. The van der Waals surface area contributed by atoms with Gasteiger partial charge in [0.15, 0.2) is 0 Å². The largest absolute Gasteiger partial charge is 0.416 e. The highest BCUT2D eigenvalue weighted by molar-refractivity contribution is 5.46. The van der Waals surface area contributed by atoms with Crippen molar-refractivity contribution < 1.29 is 13.2 Å². The fourth-order valence-electron chi connectivity index (χ4n) is 2.41. The van der Waals surface area contributed by atoms with Crippen LogP contribution in [-0.2, 0) is 12.7 Å². The molecule has 1 aromatic rings. The van der Waals surface area contributed by atoms with Crippen LogP contribution in [0.3, 0.4) is 0 Å². The lowest BCUT2D eigenvalue weighted by molar-refractivity contribution is -0.138. The Kier molecular flexibility index (Phi) is 3.52. The minimum absolute atomic E-state index is 0.154. The van der Waals surface area contributed by atoms with Gasteiger partial charge in [-0.3, -0.25) is 4.90 Å². The average molecular weight is 258 g/mol. The Morgan fingerprint density at radius 1 is 1.39 bits per heavy atom. The van der Waals surface area contributed by atoms with Crippen molar-refractivity contribution in [3.05, 3.63) is 29.3 Å². The van der Waals surface area contributed by atoms with Crippen molar-refractivity contribution in [3.8, 4) is 0 Å². The van der Waals surface area contributed by atoms with E-state index < -0.39 is 11.7 Å². The monoisotopic (exact) mass is 258 g/mol. The number of likely N-dealkylation sites (tertiary alicyclic amines) is 1. The van der Waals surface area contributed by atoms with Gasteiger partial charge in [-0.1, -0.05) is 13.0 Å². The number of nitrogens with two attached hydrogens (primary N) is 1. The van der Waals surface area contributed by atoms with Crippen molar-refractivity contribution in [3.63, 3.8) is 0 Å². The van der Waals surface area contributed by atoms with Crippen LogP contribution in [0.15, 0.2) is 18.2 Å². The zero-order chi connectivity index (χ0) is 13.3. The Hall–Kier alpha value is -1.23. The van der Waals surface area contributed by atoms with Gasteiger partial charge in [-0.25, -0.2) is 0 Å². The van der Waals surface area contributed by atoms with Crippen molar-refractivity contribution in [2.24, 2.45) is 5.92 Å². The van der Waals surface area contributed by atoms with Crippen LogP contribution >= 0.6 is 0 Å². The molecular formula is C13H17F3N2. The third-order valence-electron chi connectivity index (χ3n) is 3.34.